The van der Waals surface area contributed by atoms with Crippen LogP contribution in [0.5, 0.6) is 11.5 Å². The van der Waals surface area contributed by atoms with Gasteiger partial charge in [0.15, 0.2) is 11.5 Å². The van der Waals surface area contributed by atoms with E-state index >= 15 is 0 Å². The van der Waals surface area contributed by atoms with Gasteiger partial charge in [-0.2, -0.15) is 0 Å². The van der Waals surface area contributed by atoms with E-state index in [0.717, 1.165) is 5.56 Å². The molecule has 0 aromatic heterocycles. The van der Waals surface area contributed by atoms with Crippen LogP contribution in [0.2, 0.25) is 0 Å². The van der Waals surface area contributed by atoms with Crippen LogP contribution in [0.1, 0.15) is 12.0 Å². The highest BCUT2D eigenvalue weighted by molar-refractivity contribution is 5.89. The first kappa shape index (κ1) is 14.2. The second kappa shape index (κ2) is 5.81. The third-order valence-electron chi connectivity index (χ3n) is 3.37. The fourth-order valence-electron chi connectivity index (χ4n) is 2.26. The summed E-state index contributed by atoms with van der Waals surface area (Å²) in [6.07, 6.45) is 0.252. The minimum atomic E-state index is -0.286. The summed E-state index contributed by atoms with van der Waals surface area (Å²) in [5.74, 6) is 0.0156. The van der Waals surface area contributed by atoms with Gasteiger partial charge in [-0.15, -0.1) is 0 Å². The Hall–Kier alpha value is -2.24. The number of rotatable bonds is 4. The number of phenolic OH excluding ortho intramolecular Hbond substituents is 1. The Kier molecular flexibility index (Phi) is 4.12. The summed E-state index contributed by atoms with van der Waals surface area (Å²) in [5, 5.41) is 12.2. The normalized spacial score (nSPS) is 17.7. The van der Waals surface area contributed by atoms with Crippen LogP contribution in [0.3, 0.4) is 0 Å². The van der Waals surface area contributed by atoms with Crippen molar-refractivity contribution in [1.29, 1.82) is 0 Å². The van der Waals surface area contributed by atoms with Gasteiger partial charge in [-0.05, 0) is 17.7 Å². The Morgan fingerprint density at radius 3 is 2.90 bits per heavy atom. The number of nitrogens with one attached hydrogen (secondary N) is 1. The Morgan fingerprint density at radius 1 is 1.55 bits per heavy atom. The lowest BCUT2D eigenvalue weighted by Gasteiger charge is -2.20. The molecule has 20 heavy (non-hydrogen) atoms. The van der Waals surface area contributed by atoms with Gasteiger partial charge in [0.2, 0.25) is 11.8 Å². The van der Waals surface area contributed by atoms with E-state index in [0.29, 0.717) is 18.8 Å². The number of methoxy groups -OCH3 is 1. The molecule has 2 N–H and O–H groups in total. The molecule has 1 heterocycles. The molecule has 1 aliphatic rings. The molecule has 6 nitrogen and oxygen atoms in total. The number of phenols is 1. The topological polar surface area (TPSA) is 78.9 Å². The summed E-state index contributed by atoms with van der Waals surface area (Å²) >= 11 is 0. The first-order valence-electron chi connectivity index (χ1n) is 6.39. The van der Waals surface area contributed by atoms with Crippen molar-refractivity contribution in [2.45, 2.75) is 13.0 Å². The number of carbonyl (C=O) groups excluding carboxylic acids is 2. The van der Waals surface area contributed by atoms with E-state index in [1.165, 1.54) is 13.2 Å². The average molecular weight is 278 g/mol. The second-order valence-corrected chi connectivity index (χ2v) is 4.91. The van der Waals surface area contributed by atoms with Crippen LogP contribution >= 0.6 is 0 Å². The highest BCUT2D eigenvalue weighted by Crippen LogP contribution is 2.27. The molecule has 1 fully saturated rings. The van der Waals surface area contributed by atoms with E-state index in [1.54, 1.807) is 24.1 Å². The number of hydrogen-bond donors (Lipinski definition) is 2. The summed E-state index contributed by atoms with van der Waals surface area (Å²) < 4.78 is 5.03. The van der Waals surface area contributed by atoms with Crippen molar-refractivity contribution in [1.82, 2.24) is 10.2 Å². The summed E-state index contributed by atoms with van der Waals surface area (Å²) in [6, 6.07) is 4.96. The van der Waals surface area contributed by atoms with Crippen molar-refractivity contribution in [2.75, 3.05) is 20.7 Å². The van der Waals surface area contributed by atoms with E-state index in [1.807, 2.05) is 0 Å². The zero-order valence-electron chi connectivity index (χ0n) is 11.5. The molecule has 6 heteroatoms. The molecule has 0 aliphatic carbocycles. The fraction of sp³-hybridized carbons (Fsp3) is 0.429. The Morgan fingerprint density at radius 2 is 2.30 bits per heavy atom. The van der Waals surface area contributed by atoms with Gasteiger partial charge in [-0.25, -0.2) is 0 Å². The van der Waals surface area contributed by atoms with Crippen molar-refractivity contribution in [3.8, 4) is 11.5 Å². The zero-order chi connectivity index (χ0) is 14.7. The van der Waals surface area contributed by atoms with Gasteiger partial charge in [0, 0.05) is 26.6 Å². The van der Waals surface area contributed by atoms with Crippen LogP contribution in [-0.4, -0.2) is 42.5 Å². The molecule has 0 radical (unpaired) electrons. The Bertz CT molecular complexity index is 530. The number of aromatic hydroxyl groups is 1. The molecular formula is C14H18N2O4. The first-order chi connectivity index (χ1) is 9.51. The van der Waals surface area contributed by atoms with Crippen LogP contribution in [-0.2, 0) is 16.1 Å². The number of ether oxygens (including phenoxy) is 1. The molecule has 2 amide bonds. The molecule has 2 rings (SSSR count). The lowest BCUT2D eigenvalue weighted by atomic mass is 10.1. The van der Waals surface area contributed by atoms with Crippen molar-refractivity contribution in [3.05, 3.63) is 23.8 Å². The summed E-state index contributed by atoms with van der Waals surface area (Å²) in [6.45, 7) is 0.807. The summed E-state index contributed by atoms with van der Waals surface area (Å²) in [7, 11) is 3.17. The molecule has 1 aromatic carbocycles. The molecule has 1 saturated heterocycles. The third kappa shape index (κ3) is 3.01. The maximum absolute atomic E-state index is 12.2. The van der Waals surface area contributed by atoms with E-state index < -0.39 is 0 Å². The van der Waals surface area contributed by atoms with Crippen LogP contribution in [0.4, 0.5) is 0 Å². The molecule has 1 aromatic rings. The van der Waals surface area contributed by atoms with E-state index in [9.17, 15) is 14.7 Å². The molecule has 1 aliphatic heterocycles. The van der Waals surface area contributed by atoms with Gasteiger partial charge < -0.3 is 20.1 Å². The molecular weight excluding hydrogens is 260 g/mol. The summed E-state index contributed by atoms with van der Waals surface area (Å²) in [4.78, 5) is 24.9. The van der Waals surface area contributed by atoms with Crippen LogP contribution in [0.15, 0.2) is 18.2 Å². The maximum Gasteiger partial charge on any atom is 0.228 e. The van der Waals surface area contributed by atoms with E-state index in [-0.39, 0.29) is 29.9 Å². The monoisotopic (exact) mass is 278 g/mol. The molecule has 0 spiro atoms. The molecule has 1 atom stereocenters. The van der Waals surface area contributed by atoms with E-state index in [2.05, 4.69) is 5.32 Å². The van der Waals surface area contributed by atoms with Gasteiger partial charge in [0.1, 0.15) is 0 Å². The Balaban J connectivity index is 2.02. The predicted molar refractivity (Wildman–Crippen MR) is 72.2 cm³/mol. The third-order valence-corrected chi connectivity index (χ3v) is 3.37. The quantitative estimate of drug-likeness (QED) is 0.840. The second-order valence-electron chi connectivity index (χ2n) is 4.91. The predicted octanol–water partition coefficient (Wildman–Crippen LogP) is 0.495. The first-order valence-corrected chi connectivity index (χ1v) is 6.39. The molecule has 0 bridgehead atoms. The lowest BCUT2D eigenvalue weighted by molar-refractivity contribution is -0.135. The largest absolute Gasteiger partial charge is 0.504 e. The van der Waals surface area contributed by atoms with Crippen molar-refractivity contribution >= 4 is 11.8 Å². The lowest BCUT2D eigenvalue weighted by Crippen LogP contribution is -2.33. The SMILES string of the molecule is COc1cc(CN(C)C(=O)C2CNC(=O)C2)ccc1O. The van der Waals surface area contributed by atoms with Crippen LogP contribution in [0, 0.1) is 5.92 Å². The van der Waals surface area contributed by atoms with Crippen molar-refractivity contribution < 1.29 is 19.4 Å². The summed E-state index contributed by atoms with van der Waals surface area (Å²) in [5.41, 5.74) is 0.854. The van der Waals surface area contributed by atoms with Gasteiger partial charge in [0.25, 0.3) is 0 Å². The van der Waals surface area contributed by atoms with Crippen LogP contribution < -0.4 is 10.1 Å². The van der Waals surface area contributed by atoms with Gasteiger partial charge in [-0.3, -0.25) is 9.59 Å². The van der Waals surface area contributed by atoms with Gasteiger partial charge >= 0.3 is 0 Å². The highest BCUT2D eigenvalue weighted by atomic mass is 16.5. The number of amides is 2. The number of carbonyl (C=O) groups is 2. The fourth-order valence-corrected chi connectivity index (χ4v) is 2.26. The van der Waals surface area contributed by atoms with E-state index in [4.69, 9.17) is 4.74 Å². The standard InChI is InChI=1S/C14H18N2O4/c1-16(14(19)10-6-13(18)15-7-10)8-9-3-4-11(17)12(5-9)20-2/h3-5,10,17H,6-8H2,1-2H3,(H,15,18). The minimum Gasteiger partial charge on any atom is -0.504 e. The number of nitrogens with zero attached hydrogens (tertiary/aromatic N) is 1. The van der Waals surface area contributed by atoms with Crippen LogP contribution in [0.25, 0.3) is 0 Å². The molecule has 108 valence electrons. The number of hydrogen-bond acceptors (Lipinski definition) is 4. The van der Waals surface area contributed by atoms with Gasteiger partial charge in [-0.1, -0.05) is 6.07 Å². The minimum absolute atomic E-state index is 0.0598. The molecule has 1 unspecified atom stereocenters. The molecule has 0 saturated carbocycles. The number of benzene rings is 1. The Labute approximate surface area is 117 Å². The maximum atomic E-state index is 12.2. The smallest absolute Gasteiger partial charge is 0.228 e. The van der Waals surface area contributed by atoms with Gasteiger partial charge in [0.05, 0.1) is 13.0 Å². The van der Waals surface area contributed by atoms with Crippen molar-refractivity contribution in [2.24, 2.45) is 5.92 Å². The average Bonchev–Trinajstić information content (AvgIpc) is 2.86. The highest BCUT2D eigenvalue weighted by Gasteiger charge is 2.30. The van der Waals surface area contributed by atoms with Crippen molar-refractivity contribution in [3.63, 3.8) is 0 Å². The zero-order valence-corrected chi connectivity index (χ0v) is 11.5.